The zero-order valence-electron chi connectivity index (χ0n) is 24.3. The highest BCUT2D eigenvalue weighted by Gasteiger charge is 2.48. The summed E-state index contributed by atoms with van der Waals surface area (Å²) in [6, 6.07) is 4.75. The molecule has 2 aromatic rings. The van der Waals surface area contributed by atoms with E-state index in [1.54, 1.807) is 11.3 Å². The smallest absolute Gasteiger partial charge is 0.219 e. The third-order valence-electron chi connectivity index (χ3n) is 10.1. The van der Waals surface area contributed by atoms with Gasteiger partial charge in [-0.3, -0.25) is 4.90 Å². The normalized spacial score (nSPS) is 29.5. The summed E-state index contributed by atoms with van der Waals surface area (Å²) >= 11 is 1.55. The van der Waals surface area contributed by atoms with E-state index in [4.69, 9.17) is 25.3 Å². The van der Waals surface area contributed by atoms with E-state index < -0.39 is 0 Å². The number of oxime groups is 1. The van der Waals surface area contributed by atoms with Gasteiger partial charge in [0.2, 0.25) is 5.88 Å². The van der Waals surface area contributed by atoms with Crippen LogP contribution in [0, 0.1) is 11.3 Å². The number of fused-ring (bicyclic) bond motifs is 1. The van der Waals surface area contributed by atoms with E-state index in [2.05, 4.69) is 47.2 Å². The van der Waals surface area contributed by atoms with Gasteiger partial charge in [-0.25, -0.2) is 4.98 Å². The number of nitriles is 1. The summed E-state index contributed by atoms with van der Waals surface area (Å²) in [6.07, 6.45) is 8.01. The highest BCUT2D eigenvalue weighted by molar-refractivity contribution is 7.16. The molecule has 1 spiro atoms. The van der Waals surface area contributed by atoms with Crippen LogP contribution in [0.5, 0.6) is 5.88 Å². The molecule has 7 rings (SSSR count). The Balaban J connectivity index is 1.18. The van der Waals surface area contributed by atoms with Crippen molar-refractivity contribution in [3.8, 4) is 11.9 Å². The van der Waals surface area contributed by atoms with Gasteiger partial charge in [-0.1, -0.05) is 12.1 Å². The van der Waals surface area contributed by atoms with E-state index in [1.165, 1.54) is 24.1 Å². The largest absolute Gasteiger partial charge is 0.473 e. The molecule has 3 N–H and O–H groups in total. The first-order valence-electron chi connectivity index (χ1n) is 15.1. The molecular formula is C30H40N8O2S. The number of likely N-dealkylation sites (N-methyl/N-ethyl adjacent to an activating group) is 1. The molecule has 41 heavy (non-hydrogen) atoms. The Morgan fingerprint density at radius 1 is 1.27 bits per heavy atom. The Labute approximate surface area is 245 Å². The summed E-state index contributed by atoms with van der Waals surface area (Å²) in [5, 5.41) is 18.8. The number of aryl methyl sites for hydroxylation is 1. The van der Waals surface area contributed by atoms with Crippen molar-refractivity contribution < 1.29 is 9.57 Å². The minimum absolute atomic E-state index is 0.0124. The first kappa shape index (κ1) is 26.9. The van der Waals surface area contributed by atoms with Crippen molar-refractivity contribution >= 4 is 27.9 Å². The molecule has 5 heterocycles. The number of hydrogen-bond acceptors (Lipinski definition) is 11. The van der Waals surface area contributed by atoms with E-state index in [0.29, 0.717) is 34.7 Å². The fourth-order valence-electron chi connectivity index (χ4n) is 7.50. The number of hydrogen-bond donors (Lipinski definition) is 2. The van der Waals surface area contributed by atoms with Crippen LogP contribution in [0.25, 0.3) is 0 Å². The average molecular weight is 577 g/mol. The van der Waals surface area contributed by atoms with Crippen LogP contribution in [-0.4, -0.2) is 77.6 Å². The van der Waals surface area contributed by atoms with Crippen LogP contribution in [-0.2, 0) is 16.7 Å². The average Bonchev–Trinajstić information content (AvgIpc) is 3.32. The van der Waals surface area contributed by atoms with Crippen LogP contribution in [0.3, 0.4) is 0 Å². The van der Waals surface area contributed by atoms with Gasteiger partial charge in [0.15, 0.2) is 5.82 Å². The van der Waals surface area contributed by atoms with Crippen LogP contribution >= 0.6 is 11.3 Å². The van der Waals surface area contributed by atoms with Crippen LogP contribution in [0.4, 0.5) is 10.8 Å². The number of likely N-dealkylation sites (tertiary alicyclic amines) is 1. The monoisotopic (exact) mass is 576 g/mol. The van der Waals surface area contributed by atoms with Gasteiger partial charge < -0.3 is 25.5 Å². The number of aromatic nitrogens is 2. The molecule has 2 aromatic heterocycles. The minimum atomic E-state index is -0.354. The number of thiophene rings is 1. The van der Waals surface area contributed by atoms with Crippen molar-refractivity contribution in [1.82, 2.24) is 20.2 Å². The second kappa shape index (κ2) is 10.1. The summed E-state index contributed by atoms with van der Waals surface area (Å²) in [7, 11) is 2.17. The molecule has 2 saturated heterocycles. The van der Waals surface area contributed by atoms with Crippen LogP contribution < -0.4 is 20.7 Å². The number of nitrogens with one attached hydrogen (secondary N) is 1. The Hall–Kier alpha value is -2.94. The molecule has 1 unspecified atom stereocenters. The standard InChI is InChI=1S/C30H40N8O2S/c1-18(21-6-5-12-37(21)3)39-25-15-24(38-13-11-33-30(17-38)9-10-30)34-28(35-25)20-14-23(40-36-20)29(2)8-4-7-22-26(29)19(16-31)27(32)41-22/h15,18,21,23,33H,4-14,17,32H2,1-3H3/t18-,21-,23?,29+/m0/s1. The highest BCUT2D eigenvalue weighted by atomic mass is 32.1. The fraction of sp³-hybridized carbons (Fsp3) is 0.667. The number of nitrogens with zero attached hydrogens (tertiary/aromatic N) is 6. The Morgan fingerprint density at radius 2 is 2.12 bits per heavy atom. The van der Waals surface area contributed by atoms with Gasteiger partial charge in [0, 0.05) is 54.0 Å². The van der Waals surface area contributed by atoms with Crippen LogP contribution in [0.15, 0.2) is 11.2 Å². The molecule has 0 radical (unpaired) electrons. The molecule has 0 amide bonds. The van der Waals surface area contributed by atoms with Crippen molar-refractivity contribution in [3.63, 3.8) is 0 Å². The molecule has 0 aromatic carbocycles. The number of ether oxygens (including phenoxy) is 1. The molecule has 3 fully saturated rings. The predicted octanol–water partition coefficient (Wildman–Crippen LogP) is 3.58. The summed E-state index contributed by atoms with van der Waals surface area (Å²) in [4.78, 5) is 22.1. The predicted molar refractivity (Wildman–Crippen MR) is 160 cm³/mol. The summed E-state index contributed by atoms with van der Waals surface area (Å²) in [6.45, 7) is 8.21. The maximum absolute atomic E-state index is 9.92. The third-order valence-corrected chi connectivity index (χ3v) is 11.2. The maximum Gasteiger partial charge on any atom is 0.219 e. The van der Waals surface area contributed by atoms with Gasteiger partial charge in [0.1, 0.15) is 34.8 Å². The lowest BCUT2D eigenvalue weighted by Crippen LogP contribution is -2.52. The number of piperazine rings is 1. The molecular weight excluding hydrogens is 536 g/mol. The van der Waals surface area contributed by atoms with Crippen molar-refractivity contribution in [2.24, 2.45) is 5.16 Å². The quantitative estimate of drug-likeness (QED) is 0.531. The van der Waals surface area contributed by atoms with E-state index in [9.17, 15) is 5.26 Å². The van der Waals surface area contributed by atoms with E-state index in [-0.39, 0.29) is 23.2 Å². The number of nitrogen functional groups attached to an aromatic ring is 1. The Kier molecular flexibility index (Phi) is 6.64. The van der Waals surface area contributed by atoms with Crippen molar-refractivity contribution in [2.45, 2.75) is 94.4 Å². The van der Waals surface area contributed by atoms with Gasteiger partial charge in [-0.15, -0.1) is 11.3 Å². The lowest BCUT2D eigenvalue weighted by Gasteiger charge is -2.37. The van der Waals surface area contributed by atoms with Crippen LogP contribution in [0.1, 0.15) is 80.6 Å². The van der Waals surface area contributed by atoms with Gasteiger partial charge in [-0.2, -0.15) is 10.2 Å². The maximum atomic E-state index is 9.92. The Bertz CT molecular complexity index is 1410. The molecule has 1 saturated carbocycles. The fourth-order valence-corrected chi connectivity index (χ4v) is 8.70. The van der Waals surface area contributed by atoms with Gasteiger partial charge in [-0.05, 0) is 71.0 Å². The van der Waals surface area contributed by atoms with E-state index >= 15 is 0 Å². The lowest BCUT2D eigenvalue weighted by atomic mass is 9.68. The topological polar surface area (TPSA) is 125 Å². The lowest BCUT2D eigenvalue weighted by molar-refractivity contribution is 0.0211. The molecule has 10 nitrogen and oxygen atoms in total. The Morgan fingerprint density at radius 3 is 2.88 bits per heavy atom. The summed E-state index contributed by atoms with van der Waals surface area (Å²) < 4.78 is 6.53. The molecule has 3 aliphatic heterocycles. The molecule has 5 aliphatic rings. The second-order valence-electron chi connectivity index (χ2n) is 12.9. The van der Waals surface area contributed by atoms with Crippen molar-refractivity contribution in [1.29, 1.82) is 5.26 Å². The van der Waals surface area contributed by atoms with Gasteiger partial charge >= 0.3 is 0 Å². The first-order valence-corrected chi connectivity index (χ1v) is 15.9. The number of anilines is 2. The number of nitrogens with two attached hydrogens (primary N) is 1. The van der Waals surface area contributed by atoms with Crippen molar-refractivity contribution in [2.75, 3.05) is 43.9 Å². The molecule has 218 valence electrons. The zero-order valence-corrected chi connectivity index (χ0v) is 25.1. The summed E-state index contributed by atoms with van der Waals surface area (Å²) in [5.74, 6) is 2.05. The number of rotatable bonds is 6. The molecule has 0 bridgehead atoms. The SMILES string of the molecule is C[C@H](Oc1cc(N2CCNC3(CC3)C2)nc(C2=NOC([C@@]3(C)CCCc4sc(N)c(C#N)c43)C2)n1)[C@@H]1CCCN1C. The molecule has 2 aliphatic carbocycles. The van der Waals surface area contributed by atoms with Crippen LogP contribution in [0.2, 0.25) is 0 Å². The van der Waals surface area contributed by atoms with E-state index in [1.807, 2.05) is 6.07 Å². The summed E-state index contributed by atoms with van der Waals surface area (Å²) in [5.41, 5.74) is 8.53. The highest BCUT2D eigenvalue weighted by Crippen LogP contribution is 2.49. The zero-order chi connectivity index (χ0) is 28.4. The van der Waals surface area contributed by atoms with Gasteiger partial charge in [0.05, 0.1) is 5.56 Å². The minimum Gasteiger partial charge on any atom is -0.473 e. The van der Waals surface area contributed by atoms with Crippen molar-refractivity contribution in [3.05, 3.63) is 27.9 Å². The first-order chi connectivity index (χ1) is 19.8. The third kappa shape index (κ3) is 4.74. The molecule has 4 atom stereocenters. The van der Waals surface area contributed by atoms with E-state index in [0.717, 1.165) is 69.0 Å². The second-order valence-corrected chi connectivity index (χ2v) is 14.0. The van der Waals surface area contributed by atoms with Gasteiger partial charge in [0.25, 0.3) is 0 Å². The molecule has 11 heteroatoms.